The molecule has 0 atom stereocenters. The Kier molecular flexibility index (Phi) is 3.76. The van der Waals surface area contributed by atoms with Crippen molar-refractivity contribution in [1.29, 1.82) is 0 Å². The lowest BCUT2D eigenvalue weighted by atomic mass is 10.2. The number of hydrogen-bond acceptors (Lipinski definition) is 5. The van der Waals surface area contributed by atoms with Crippen LogP contribution < -0.4 is 5.73 Å². The van der Waals surface area contributed by atoms with Crippen LogP contribution >= 0.6 is 23.1 Å². The maximum Gasteiger partial charge on any atom is 0.433 e. The van der Waals surface area contributed by atoms with Crippen molar-refractivity contribution in [3.05, 3.63) is 35.0 Å². The van der Waals surface area contributed by atoms with Crippen molar-refractivity contribution in [2.45, 2.75) is 15.5 Å². The van der Waals surface area contributed by atoms with Gasteiger partial charge in [0.1, 0.15) is 10.7 Å². The van der Waals surface area contributed by atoms with Gasteiger partial charge in [0, 0.05) is 11.6 Å². The molecule has 0 aliphatic rings. The number of rotatable bonds is 3. The summed E-state index contributed by atoms with van der Waals surface area (Å²) in [6.07, 6.45) is -3.07. The topological polar surface area (TPSA) is 68.9 Å². The van der Waals surface area contributed by atoms with Crippen molar-refractivity contribution >= 4 is 29.0 Å². The highest BCUT2D eigenvalue weighted by Gasteiger charge is 2.33. The Morgan fingerprint density at radius 2 is 2.11 bits per heavy atom. The molecule has 9 heteroatoms. The number of alkyl halides is 3. The van der Waals surface area contributed by atoms with Gasteiger partial charge >= 0.3 is 6.18 Å². The molecule has 0 spiro atoms. The van der Waals surface area contributed by atoms with Gasteiger partial charge in [-0.05, 0) is 23.9 Å². The highest BCUT2D eigenvalue weighted by Crippen LogP contribution is 2.34. The third-order valence-corrected chi connectivity index (χ3v) is 3.90. The normalized spacial score (nSPS) is 11.5. The Hall–Kier alpha value is -1.61. The molecule has 0 saturated heterocycles. The highest BCUT2D eigenvalue weighted by molar-refractivity contribution is 8.01. The van der Waals surface area contributed by atoms with E-state index in [1.54, 1.807) is 5.38 Å². The van der Waals surface area contributed by atoms with E-state index in [-0.39, 0.29) is 10.6 Å². The molecule has 0 saturated carbocycles. The summed E-state index contributed by atoms with van der Waals surface area (Å²) in [5.41, 5.74) is 3.98. The van der Waals surface area contributed by atoms with Crippen molar-refractivity contribution in [3.63, 3.8) is 0 Å². The number of aromatic nitrogens is 2. The SMILES string of the molecule is NC(=O)c1ccc(C(F)(F)F)nc1Sc1nccs1. The maximum atomic E-state index is 12.6. The fraction of sp³-hybridized carbons (Fsp3) is 0.100. The highest BCUT2D eigenvalue weighted by atomic mass is 32.2. The molecular weight excluding hydrogens is 299 g/mol. The van der Waals surface area contributed by atoms with Crippen LogP contribution in [0.2, 0.25) is 0 Å². The van der Waals surface area contributed by atoms with E-state index in [2.05, 4.69) is 9.97 Å². The van der Waals surface area contributed by atoms with Crippen LogP contribution in [0.5, 0.6) is 0 Å². The first-order chi connectivity index (χ1) is 8.88. The van der Waals surface area contributed by atoms with Crippen molar-refractivity contribution in [2.24, 2.45) is 5.73 Å². The van der Waals surface area contributed by atoms with Gasteiger partial charge in [-0.3, -0.25) is 4.79 Å². The Balaban J connectivity index is 2.45. The molecule has 2 rings (SSSR count). The van der Waals surface area contributed by atoms with Crippen LogP contribution in [-0.2, 0) is 6.18 Å². The first kappa shape index (κ1) is 13.8. The standard InChI is InChI=1S/C10H6F3N3OS2/c11-10(12,13)6-2-1-5(7(14)17)8(16-6)19-9-15-3-4-18-9/h1-4H,(H2,14,17). The first-order valence-corrected chi connectivity index (χ1v) is 6.53. The average molecular weight is 305 g/mol. The second-order valence-electron chi connectivity index (χ2n) is 3.31. The van der Waals surface area contributed by atoms with Gasteiger partial charge in [-0.1, -0.05) is 0 Å². The quantitative estimate of drug-likeness (QED) is 0.946. The van der Waals surface area contributed by atoms with Crippen LogP contribution in [0.1, 0.15) is 16.1 Å². The molecule has 4 nitrogen and oxygen atoms in total. The molecule has 0 radical (unpaired) electrons. The number of amides is 1. The van der Waals surface area contributed by atoms with Gasteiger partial charge in [0.25, 0.3) is 5.91 Å². The van der Waals surface area contributed by atoms with Gasteiger partial charge in [0.05, 0.1) is 5.56 Å². The third-order valence-electron chi connectivity index (χ3n) is 2.01. The van der Waals surface area contributed by atoms with Crippen molar-refractivity contribution in [3.8, 4) is 0 Å². The van der Waals surface area contributed by atoms with E-state index in [4.69, 9.17) is 5.73 Å². The van der Waals surface area contributed by atoms with E-state index in [0.717, 1.165) is 23.9 Å². The van der Waals surface area contributed by atoms with E-state index < -0.39 is 17.8 Å². The van der Waals surface area contributed by atoms with Crippen molar-refractivity contribution < 1.29 is 18.0 Å². The summed E-state index contributed by atoms with van der Waals surface area (Å²) in [7, 11) is 0. The number of primary amides is 1. The minimum atomic E-state index is -4.58. The summed E-state index contributed by atoms with van der Waals surface area (Å²) in [4.78, 5) is 18.5. The molecule has 0 bridgehead atoms. The van der Waals surface area contributed by atoms with Gasteiger partial charge in [-0.15, -0.1) is 11.3 Å². The molecule has 100 valence electrons. The Labute approximate surface area is 113 Å². The second-order valence-corrected chi connectivity index (χ2v) is 5.44. The lowest BCUT2D eigenvalue weighted by molar-refractivity contribution is -0.141. The monoisotopic (exact) mass is 305 g/mol. The number of pyridine rings is 1. The summed E-state index contributed by atoms with van der Waals surface area (Å²) in [6, 6.07) is 1.75. The van der Waals surface area contributed by atoms with Crippen molar-refractivity contribution in [1.82, 2.24) is 9.97 Å². The minimum Gasteiger partial charge on any atom is -0.366 e. The number of nitrogens with zero attached hydrogens (tertiary/aromatic N) is 2. The largest absolute Gasteiger partial charge is 0.433 e. The lowest BCUT2D eigenvalue weighted by Gasteiger charge is -2.09. The summed E-state index contributed by atoms with van der Waals surface area (Å²) >= 11 is 2.10. The van der Waals surface area contributed by atoms with Crippen LogP contribution in [0.25, 0.3) is 0 Å². The molecule has 2 N–H and O–H groups in total. The average Bonchev–Trinajstić information content (AvgIpc) is 2.80. The van der Waals surface area contributed by atoms with Gasteiger partial charge in [-0.2, -0.15) is 13.2 Å². The molecule has 2 heterocycles. The predicted molar refractivity (Wildman–Crippen MR) is 64.0 cm³/mol. The van der Waals surface area contributed by atoms with Crippen LogP contribution in [0.15, 0.2) is 33.1 Å². The van der Waals surface area contributed by atoms with E-state index in [0.29, 0.717) is 4.34 Å². The molecule has 2 aromatic heterocycles. The van der Waals surface area contributed by atoms with Crippen LogP contribution in [0.4, 0.5) is 13.2 Å². The number of carbonyl (C=O) groups is 1. The maximum absolute atomic E-state index is 12.6. The summed E-state index contributed by atoms with van der Waals surface area (Å²) in [5, 5.41) is 1.57. The number of thiazole rings is 1. The van der Waals surface area contributed by atoms with Gasteiger partial charge in [0.2, 0.25) is 0 Å². The number of hydrogen-bond donors (Lipinski definition) is 1. The van der Waals surface area contributed by atoms with Crippen LogP contribution in [0, 0.1) is 0 Å². The molecule has 0 aliphatic heterocycles. The summed E-state index contributed by atoms with van der Waals surface area (Å²) in [5.74, 6) is -0.833. The van der Waals surface area contributed by atoms with E-state index in [1.807, 2.05) is 0 Å². The summed E-state index contributed by atoms with van der Waals surface area (Å²) in [6.45, 7) is 0. The number of halogens is 3. The predicted octanol–water partition coefficient (Wildman–Crippen LogP) is 2.81. The van der Waals surface area contributed by atoms with Gasteiger partial charge in [0.15, 0.2) is 4.34 Å². The van der Waals surface area contributed by atoms with Gasteiger partial charge in [-0.25, -0.2) is 9.97 Å². The van der Waals surface area contributed by atoms with Gasteiger partial charge < -0.3 is 5.73 Å². The fourth-order valence-electron chi connectivity index (χ4n) is 1.21. The smallest absolute Gasteiger partial charge is 0.366 e. The van der Waals surface area contributed by atoms with E-state index >= 15 is 0 Å². The van der Waals surface area contributed by atoms with Crippen LogP contribution in [0.3, 0.4) is 0 Å². The molecule has 0 unspecified atom stereocenters. The molecular formula is C10H6F3N3OS2. The first-order valence-electron chi connectivity index (χ1n) is 4.83. The molecule has 0 fully saturated rings. The van der Waals surface area contributed by atoms with E-state index in [1.165, 1.54) is 17.5 Å². The van der Waals surface area contributed by atoms with Crippen molar-refractivity contribution in [2.75, 3.05) is 0 Å². The minimum absolute atomic E-state index is 0.0619. The zero-order chi connectivity index (χ0) is 14.0. The Morgan fingerprint density at radius 1 is 1.37 bits per heavy atom. The Morgan fingerprint density at radius 3 is 2.63 bits per heavy atom. The number of carbonyl (C=O) groups excluding carboxylic acids is 1. The van der Waals surface area contributed by atoms with Crippen LogP contribution in [-0.4, -0.2) is 15.9 Å². The molecule has 0 aliphatic carbocycles. The molecule has 1 amide bonds. The zero-order valence-corrected chi connectivity index (χ0v) is 10.8. The zero-order valence-electron chi connectivity index (χ0n) is 9.14. The summed E-state index contributed by atoms with van der Waals surface area (Å²) < 4.78 is 38.2. The van der Waals surface area contributed by atoms with E-state index in [9.17, 15) is 18.0 Å². The molecule has 19 heavy (non-hydrogen) atoms. The number of nitrogens with two attached hydrogens (primary N) is 1. The second kappa shape index (κ2) is 5.17. The lowest BCUT2D eigenvalue weighted by Crippen LogP contribution is -2.16. The third kappa shape index (κ3) is 3.24. The molecule has 0 aromatic carbocycles. The Bertz CT molecular complexity index is 599. The fourth-order valence-corrected chi connectivity index (χ4v) is 2.86. The molecule has 2 aromatic rings.